The molecule has 1 fully saturated rings. The van der Waals surface area contributed by atoms with Crippen molar-refractivity contribution in [3.05, 3.63) is 23.2 Å². The Morgan fingerprint density at radius 2 is 2.04 bits per heavy atom. The maximum atomic E-state index is 12.4. The number of nitrogens with two attached hydrogens (primary N) is 1. The lowest BCUT2D eigenvalue weighted by Gasteiger charge is -2.25. The van der Waals surface area contributed by atoms with Crippen molar-refractivity contribution in [1.82, 2.24) is 4.72 Å². The topological polar surface area (TPSA) is 81.4 Å². The van der Waals surface area contributed by atoms with Gasteiger partial charge in [0.25, 0.3) is 0 Å². The second kappa shape index (κ2) is 9.69. The number of halogens is 2. The molecule has 0 heterocycles. The van der Waals surface area contributed by atoms with Gasteiger partial charge in [0.1, 0.15) is 10.6 Å². The molecule has 5 nitrogen and oxygen atoms in total. The van der Waals surface area contributed by atoms with E-state index in [1.165, 1.54) is 12.5 Å². The van der Waals surface area contributed by atoms with Crippen LogP contribution < -0.4 is 15.2 Å². The third-order valence-corrected chi connectivity index (χ3v) is 5.53. The first-order valence-electron chi connectivity index (χ1n) is 7.65. The SMILES string of the molecule is Cl.NCCCCNS(=O)(=O)c1cc(Cl)ccc1OCC1CCC1. The highest BCUT2D eigenvalue weighted by molar-refractivity contribution is 7.89. The molecule has 23 heavy (non-hydrogen) atoms. The van der Waals surface area contributed by atoms with Crippen LogP contribution in [0.3, 0.4) is 0 Å². The van der Waals surface area contributed by atoms with E-state index in [4.69, 9.17) is 22.1 Å². The lowest BCUT2D eigenvalue weighted by Crippen LogP contribution is -2.26. The van der Waals surface area contributed by atoms with Gasteiger partial charge in [0.15, 0.2) is 0 Å². The van der Waals surface area contributed by atoms with Crippen LogP contribution >= 0.6 is 24.0 Å². The number of unbranched alkanes of at least 4 members (excludes halogenated alkanes) is 1. The van der Waals surface area contributed by atoms with E-state index in [0.29, 0.717) is 42.8 Å². The number of rotatable bonds is 9. The van der Waals surface area contributed by atoms with Crippen LogP contribution in [0.25, 0.3) is 0 Å². The third kappa shape index (κ3) is 6.12. The van der Waals surface area contributed by atoms with Crippen LogP contribution in [0.5, 0.6) is 5.75 Å². The molecule has 0 amide bonds. The average molecular weight is 383 g/mol. The van der Waals surface area contributed by atoms with E-state index in [1.807, 2.05) is 0 Å². The molecule has 132 valence electrons. The Kier molecular flexibility index (Phi) is 8.64. The molecule has 0 spiro atoms. The summed E-state index contributed by atoms with van der Waals surface area (Å²) < 4.78 is 33.1. The van der Waals surface area contributed by atoms with E-state index in [1.54, 1.807) is 12.1 Å². The fourth-order valence-electron chi connectivity index (χ4n) is 2.23. The third-order valence-electron chi connectivity index (χ3n) is 3.82. The number of ether oxygens (including phenoxy) is 1. The zero-order valence-electron chi connectivity index (χ0n) is 13.0. The Labute approximate surface area is 149 Å². The summed E-state index contributed by atoms with van der Waals surface area (Å²) in [7, 11) is -3.63. The van der Waals surface area contributed by atoms with Crippen molar-refractivity contribution in [2.45, 2.75) is 37.0 Å². The van der Waals surface area contributed by atoms with Gasteiger partial charge in [-0.2, -0.15) is 0 Å². The van der Waals surface area contributed by atoms with Gasteiger partial charge in [0.05, 0.1) is 6.61 Å². The highest BCUT2D eigenvalue weighted by atomic mass is 35.5. The van der Waals surface area contributed by atoms with Gasteiger partial charge in [-0.15, -0.1) is 12.4 Å². The van der Waals surface area contributed by atoms with Crippen molar-refractivity contribution in [3.8, 4) is 5.75 Å². The minimum Gasteiger partial charge on any atom is -0.492 e. The fourth-order valence-corrected chi connectivity index (χ4v) is 3.71. The Bertz CT molecular complexity index is 592. The van der Waals surface area contributed by atoms with Gasteiger partial charge < -0.3 is 10.5 Å². The predicted molar refractivity (Wildman–Crippen MR) is 95.0 cm³/mol. The molecule has 1 aromatic carbocycles. The second-order valence-corrected chi connectivity index (χ2v) is 7.76. The summed E-state index contributed by atoms with van der Waals surface area (Å²) in [4.78, 5) is 0.104. The van der Waals surface area contributed by atoms with Crippen molar-refractivity contribution in [2.75, 3.05) is 19.7 Å². The Morgan fingerprint density at radius 3 is 2.65 bits per heavy atom. The monoisotopic (exact) mass is 382 g/mol. The van der Waals surface area contributed by atoms with E-state index < -0.39 is 10.0 Å². The summed E-state index contributed by atoms with van der Waals surface area (Å²) in [6.07, 6.45) is 5.00. The van der Waals surface area contributed by atoms with Crippen LogP contribution in [-0.4, -0.2) is 28.1 Å². The molecule has 3 N–H and O–H groups in total. The van der Waals surface area contributed by atoms with Crippen LogP contribution in [0.1, 0.15) is 32.1 Å². The Morgan fingerprint density at radius 1 is 1.30 bits per heavy atom. The Balaban J connectivity index is 0.00000264. The quantitative estimate of drug-likeness (QED) is 0.643. The normalized spacial score (nSPS) is 14.9. The molecule has 0 saturated heterocycles. The molecule has 2 rings (SSSR count). The zero-order valence-corrected chi connectivity index (χ0v) is 15.4. The molecular weight excluding hydrogens is 359 g/mol. The molecule has 0 unspecified atom stereocenters. The number of hydrogen-bond acceptors (Lipinski definition) is 4. The first kappa shape index (κ1) is 20.5. The summed E-state index contributed by atoms with van der Waals surface area (Å²) in [5, 5.41) is 0.373. The van der Waals surface area contributed by atoms with Crippen molar-refractivity contribution in [3.63, 3.8) is 0 Å². The molecule has 0 aliphatic heterocycles. The minimum atomic E-state index is -3.63. The lowest BCUT2D eigenvalue weighted by atomic mass is 9.86. The van der Waals surface area contributed by atoms with Gasteiger partial charge in [-0.3, -0.25) is 0 Å². The van der Waals surface area contributed by atoms with Crippen LogP contribution in [0.4, 0.5) is 0 Å². The van der Waals surface area contributed by atoms with Crippen molar-refractivity contribution < 1.29 is 13.2 Å². The van der Waals surface area contributed by atoms with Gasteiger partial charge in [0.2, 0.25) is 10.0 Å². The molecule has 1 aromatic rings. The molecule has 0 bridgehead atoms. The van der Waals surface area contributed by atoms with E-state index in [2.05, 4.69) is 4.72 Å². The molecule has 0 atom stereocenters. The first-order chi connectivity index (χ1) is 10.5. The molecule has 0 radical (unpaired) electrons. The van der Waals surface area contributed by atoms with E-state index >= 15 is 0 Å². The largest absolute Gasteiger partial charge is 0.492 e. The van der Waals surface area contributed by atoms with Crippen LogP contribution in [-0.2, 0) is 10.0 Å². The second-order valence-electron chi connectivity index (χ2n) is 5.59. The van der Waals surface area contributed by atoms with Gasteiger partial charge >= 0.3 is 0 Å². The van der Waals surface area contributed by atoms with Crippen LogP contribution in [0, 0.1) is 5.92 Å². The van der Waals surface area contributed by atoms with Gasteiger partial charge in [0, 0.05) is 11.6 Å². The molecule has 8 heteroatoms. The smallest absolute Gasteiger partial charge is 0.244 e. The lowest BCUT2D eigenvalue weighted by molar-refractivity contribution is 0.177. The summed E-state index contributed by atoms with van der Waals surface area (Å²) >= 11 is 5.94. The number of hydrogen-bond donors (Lipinski definition) is 2. The van der Waals surface area contributed by atoms with Crippen molar-refractivity contribution in [2.24, 2.45) is 11.7 Å². The zero-order chi connectivity index (χ0) is 16.0. The Hall–Kier alpha value is -0.530. The van der Waals surface area contributed by atoms with Crippen LogP contribution in [0.2, 0.25) is 5.02 Å². The van der Waals surface area contributed by atoms with E-state index in [0.717, 1.165) is 19.3 Å². The number of sulfonamides is 1. The van der Waals surface area contributed by atoms with E-state index in [9.17, 15) is 8.42 Å². The highest BCUT2D eigenvalue weighted by Crippen LogP contribution is 2.31. The fraction of sp³-hybridized carbons (Fsp3) is 0.600. The van der Waals surface area contributed by atoms with Crippen LogP contribution in [0.15, 0.2) is 23.1 Å². The number of nitrogens with one attached hydrogen (secondary N) is 1. The molecule has 1 aliphatic carbocycles. The molecule has 1 saturated carbocycles. The first-order valence-corrected chi connectivity index (χ1v) is 9.51. The molecule has 1 aliphatic rings. The van der Waals surface area contributed by atoms with E-state index in [-0.39, 0.29) is 17.3 Å². The van der Waals surface area contributed by atoms with Crippen molar-refractivity contribution >= 4 is 34.0 Å². The summed E-state index contributed by atoms with van der Waals surface area (Å²) in [6.45, 7) is 1.46. The predicted octanol–water partition coefficient (Wildman–Crippen LogP) is 2.96. The number of benzene rings is 1. The summed E-state index contributed by atoms with van der Waals surface area (Å²) in [5.74, 6) is 0.895. The minimum absolute atomic E-state index is 0. The van der Waals surface area contributed by atoms with Crippen molar-refractivity contribution in [1.29, 1.82) is 0 Å². The molecule has 0 aromatic heterocycles. The maximum absolute atomic E-state index is 12.4. The molecular formula is C15H24Cl2N2O3S. The highest BCUT2D eigenvalue weighted by Gasteiger charge is 2.22. The standard InChI is InChI=1S/C15H23ClN2O3S.ClH/c16-13-6-7-14(21-11-12-4-3-5-12)15(10-13)22(19,20)18-9-2-1-8-17;/h6-7,10,12,18H,1-5,8-9,11,17H2;1H. The van der Waals surface area contributed by atoms with Gasteiger partial charge in [-0.25, -0.2) is 13.1 Å². The van der Waals surface area contributed by atoms with Gasteiger partial charge in [-0.05, 0) is 56.3 Å². The summed E-state index contributed by atoms with van der Waals surface area (Å²) in [5.41, 5.74) is 5.41. The summed E-state index contributed by atoms with van der Waals surface area (Å²) in [6, 6.07) is 4.70. The average Bonchev–Trinajstić information content (AvgIpc) is 2.43. The van der Waals surface area contributed by atoms with Gasteiger partial charge in [-0.1, -0.05) is 18.0 Å². The maximum Gasteiger partial charge on any atom is 0.244 e.